The topological polar surface area (TPSA) is 80.7 Å². The zero-order chi connectivity index (χ0) is 16.9. The molecule has 9 heteroatoms. The molecule has 0 aliphatic rings. The Hall–Kier alpha value is -2.22. The Bertz CT molecular complexity index is 861. The maximum Gasteiger partial charge on any atom is 0.293 e. The Kier molecular flexibility index (Phi) is 5.24. The lowest BCUT2D eigenvalue weighted by atomic mass is 10.3. The van der Waals surface area contributed by atoms with E-state index in [1.807, 2.05) is 6.07 Å². The molecule has 0 fully saturated rings. The van der Waals surface area contributed by atoms with Crippen molar-refractivity contribution < 1.29 is 4.79 Å². The largest absolute Gasteiger partial charge is 0.318 e. The molecule has 0 saturated carbocycles. The number of hydrogen-bond donors (Lipinski definition) is 1. The summed E-state index contributed by atoms with van der Waals surface area (Å²) in [6, 6.07) is 6.92. The number of carbonyl (C=O) groups excluding carboxylic acids is 1. The number of carbonyl (C=O) groups is 1. The van der Waals surface area contributed by atoms with Crippen LogP contribution < -0.4 is 5.32 Å². The van der Waals surface area contributed by atoms with Crippen LogP contribution in [0.1, 0.15) is 10.6 Å². The molecule has 0 aliphatic carbocycles. The SMILES string of the molecule is O=C(Nc1cccc(Sc2cnc(Cl)cn2)c1Cl)c1ncccn1. The van der Waals surface area contributed by atoms with E-state index in [9.17, 15) is 4.79 Å². The fourth-order valence-corrected chi connectivity index (χ4v) is 2.92. The van der Waals surface area contributed by atoms with Gasteiger partial charge in [-0.1, -0.05) is 41.0 Å². The number of nitrogens with zero attached hydrogens (tertiary/aromatic N) is 4. The molecule has 0 spiro atoms. The molecule has 120 valence electrons. The fraction of sp³-hybridized carbons (Fsp3) is 0. The van der Waals surface area contributed by atoms with Crippen LogP contribution in [0.5, 0.6) is 0 Å². The van der Waals surface area contributed by atoms with Crippen LogP contribution in [0.15, 0.2) is 59.0 Å². The molecule has 6 nitrogen and oxygen atoms in total. The predicted octanol–water partition coefficient (Wildman–Crippen LogP) is 3.98. The maximum atomic E-state index is 12.1. The van der Waals surface area contributed by atoms with Crippen LogP contribution in [0.4, 0.5) is 5.69 Å². The van der Waals surface area contributed by atoms with E-state index in [2.05, 4.69) is 25.3 Å². The van der Waals surface area contributed by atoms with Crippen molar-refractivity contribution in [1.29, 1.82) is 0 Å². The third-order valence-electron chi connectivity index (χ3n) is 2.79. The summed E-state index contributed by atoms with van der Waals surface area (Å²) in [5.41, 5.74) is 0.459. The van der Waals surface area contributed by atoms with E-state index in [1.54, 1.807) is 24.4 Å². The minimum Gasteiger partial charge on any atom is -0.318 e. The lowest BCUT2D eigenvalue weighted by molar-refractivity contribution is 0.101. The molecule has 2 aromatic heterocycles. The highest BCUT2D eigenvalue weighted by Gasteiger charge is 2.13. The third kappa shape index (κ3) is 4.00. The van der Waals surface area contributed by atoms with Gasteiger partial charge in [0.1, 0.15) is 10.2 Å². The summed E-state index contributed by atoms with van der Waals surface area (Å²) in [6.45, 7) is 0. The van der Waals surface area contributed by atoms with E-state index < -0.39 is 5.91 Å². The van der Waals surface area contributed by atoms with Crippen molar-refractivity contribution in [3.63, 3.8) is 0 Å². The van der Waals surface area contributed by atoms with Crippen molar-refractivity contribution >= 4 is 46.6 Å². The predicted molar refractivity (Wildman–Crippen MR) is 92.6 cm³/mol. The number of anilines is 1. The Labute approximate surface area is 151 Å². The van der Waals surface area contributed by atoms with Gasteiger partial charge >= 0.3 is 0 Å². The average Bonchev–Trinajstić information content (AvgIpc) is 2.61. The van der Waals surface area contributed by atoms with E-state index in [0.717, 1.165) is 4.90 Å². The van der Waals surface area contributed by atoms with Crippen molar-refractivity contribution in [2.24, 2.45) is 0 Å². The van der Waals surface area contributed by atoms with Crippen molar-refractivity contribution in [2.75, 3.05) is 5.32 Å². The lowest BCUT2D eigenvalue weighted by Gasteiger charge is -2.09. The van der Waals surface area contributed by atoms with Gasteiger partial charge < -0.3 is 5.32 Å². The second kappa shape index (κ2) is 7.57. The molecule has 0 atom stereocenters. The third-order valence-corrected chi connectivity index (χ3v) is 4.49. The number of halogens is 2. The minimum atomic E-state index is -0.439. The number of benzene rings is 1. The summed E-state index contributed by atoms with van der Waals surface area (Å²) in [7, 11) is 0. The summed E-state index contributed by atoms with van der Waals surface area (Å²) in [5.74, 6) is -0.374. The van der Waals surface area contributed by atoms with Gasteiger partial charge in [-0.2, -0.15) is 0 Å². The Morgan fingerprint density at radius 3 is 2.50 bits per heavy atom. The van der Waals surface area contributed by atoms with Gasteiger partial charge in [0.2, 0.25) is 5.82 Å². The average molecular weight is 378 g/mol. The maximum absolute atomic E-state index is 12.1. The van der Waals surface area contributed by atoms with Gasteiger partial charge in [-0.3, -0.25) is 4.79 Å². The zero-order valence-electron chi connectivity index (χ0n) is 12.0. The molecule has 3 rings (SSSR count). The first-order chi connectivity index (χ1) is 11.6. The number of hydrogen-bond acceptors (Lipinski definition) is 6. The first-order valence-corrected chi connectivity index (χ1v) is 8.23. The molecule has 0 unspecified atom stereocenters. The smallest absolute Gasteiger partial charge is 0.293 e. The first kappa shape index (κ1) is 16.6. The molecule has 1 N–H and O–H groups in total. The van der Waals surface area contributed by atoms with Gasteiger partial charge in [0, 0.05) is 17.3 Å². The first-order valence-electron chi connectivity index (χ1n) is 6.66. The van der Waals surface area contributed by atoms with Crippen LogP contribution in [-0.2, 0) is 0 Å². The zero-order valence-corrected chi connectivity index (χ0v) is 14.3. The molecule has 0 bridgehead atoms. The summed E-state index contributed by atoms with van der Waals surface area (Å²) >= 11 is 13.4. The number of rotatable bonds is 4. The monoisotopic (exact) mass is 377 g/mol. The molecular weight excluding hydrogens is 369 g/mol. The van der Waals surface area contributed by atoms with Crippen molar-refractivity contribution in [3.05, 3.63) is 65.1 Å². The Morgan fingerprint density at radius 1 is 1.00 bits per heavy atom. The van der Waals surface area contributed by atoms with Crippen molar-refractivity contribution in [1.82, 2.24) is 19.9 Å². The summed E-state index contributed by atoms with van der Waals surface area (Å²) in [6.07, 6.45) is 5.99. The highest BCUT2D eigenvalue weighted by atomic mass is 35.5. The highest BCUT2D eigenvalue weighted by Crippen LogP contribution is 2.36. The van der Waals surface area contributed by atoms with E-state index in [4.69, 9.17) is 23.2 Å². The second-order valence-corrected chi connectivity index (χ2v) is 6.25. The van der Waals surface area contributed by atoms with Crippen LogP contribution >= 0.6 is 35.0 Å². The minimum absolute atomic E-state index is 0.0650. The Balaban J connectivity index is 1.80. The standard InChI is InChI=1S/C15H9Cl2N5OS/c16-11-7-21-12(8-20-11)24-10-4-1-3-9(13(10)17)22-15(23)14-18-5-2-6-19-14/h1-8H,(H,22,23). The molecule has 1 amide bonds. The molecule has 0 aliphatic heterocycles. The Morgan fingerprint density at radius 2 is 1.79 bits per heavy atom. The molecular formula is C15H9Cl2N5OS. The molecule has 1 aromatic carbocycles. The molecule has 2 heterocycles. The van der Waals surface area contributed by atoms with Crippen LogP contribution in [0.25, 0.3) is 0 Å². The number of amides is 1. The highest BCUT2D eigenvalue weighted by molar-refractivity contribution is 7.99. The number of aromatic nitrogens is 4. The molecule has 0 saturated heterocycles. The van der Waals surface area contributed by atoms with Crippen LogP contribution in [0.2, 0.25) is 10.2 Å². The summed E-state index contributed by atoms with van der Waals surface area (Å²) in [4.78, 5) is 28.8. The second-order valence-electron chi connectivity index (χ2n) is 4.42. The van der Waals surface area contributed by atoms with Gasteiger partial charge in [0.25, 0.3) is 5.91 Å². The van der Waals surface area contributed by atoms with E-state index in [1.165, 1.54) is 30.4 Å². The fourth-order valence-electron chi connectivity index (χ4n) is 1.75. The van der Waals surface area contributed by atoms with Gasteiger partial charge in [0.15, 0.2) is 0 Å². The normalized spacial score (nSPS) is 10.4. The molecule has 24 heavy (non-hydrogen) atoms. The summed E-state index contributed by atoms with van der Waals surface area (Å²) < 4.78 is 0. The van der Waals surface area contributed by atoms with Gasteiger partial charge in [-0.05, 0) is 18.2 Å². The van der Waals surface area contributed by atoms with Gasteiger partial charge in [0.05, 0.1) is 23.1 Å². The van der Waals surface area contributed by atoms with Gasteiger partial charge in [-0.25, -0.2) is 19.9 Å². The van der Waals surface area contributed by atoms with Crippen molar-refractivity contribution in [3.8, 4) is 0 Å². The lowest BCUT2D eigenvalue weighted by Crippen LogP contribution is -2.15. The van der Waals surface area contributed by atoms with Crippen LogP contribution in [-0.4, -0.2) is 25.8 Å². The quantitative estimate of drug-likeness (QED) is 0.740. The van der Waals surface area contributed by atoms with E-state index in [-0.39, 0.29) is 5.82 Å². The van der Waals surface area contributed by atoms with Crippen LogP contribution in [0, 0.1) is 0 Å². The molecule has 3 aromatic rings. The van der Waals surface area contributed by atoms with Gasteiger partial charge in [-0.15, -0.1) is 0 Å². The van der Waals surface area contributed by atoms with Crippen molar-refractivity contribution in [2.45, 2.75) is 9.92 Å². The van der Waals surface area contributed by atoms with E-state index >= 15 is 0 Å². The van der Waals surface area contributed by atoms with E-state index in [0.29, 0.717) is 20.9 Å². The molecule has 0 radical (unpaired) electrons. The number of nitrogens with one attached hydrogen (secondary N) is 1. The van der Waals surface area contributed by atoms with Crippen LogP contribution in [0.3, 0.4) is 0 Å². The summed E-state index contributed by atoms with van der Waals surface area (Å²) in [5, 5.41) is 4.04.